The molecular weight excluding hydrogens is 314 g/mol. The maximum absolute atomic E-state index is 12.3. The summed E-state index contributed by atoms with van der Waals surface area (Å²) < 4.78 is 6.55. The number of oxazole rings is 1. The fourth-order valence-corrected chi connectivity index (χ4v) is 3.26. The quantitative estimate of drug-likeness (QED) is 0.778. The van der Waals surface area contributed by atoms with Crippen LogP contribution in [0.3, 0.4) is 0 Å². The monoisotopic (exact) mass is 331 g/mol. The Bertz CT molecular complexity index is 893. The van der Waals surface area contributed by atoms with Crippen LogP contribution < -0.4 is 11.1 Å². The fraction of sp³-hybridized carbons (Fsp3) is 0.312. The van der Waals surface area contributed by atoms with Crippen LogP contribution in [0.2, 0.25) is 0 Å². The van der Waals surface area contributed by atoms with Crippen LogP contribution in [-0.4, -0.2) is 22.0 Å². The van der Waals surface area contributed by atoms with Crippen LogP contribution in [0.1, 0.15) is 23.5 Å². The van der Waals surface area contributed by atoms with Crippen molar-refractivity contribution in [2.75, 3.05) is 6.54 Å². The summed E-state index contributed by atoms with van der Waals surface area (Å²) in [5, 5.41) is 2.87. The van der Waals surface area contributed by atoms with E-state index in [2.05, 4.69) is 10.3 Å². The van der Waals surface area contributed by atoms with E-state index in [0.29, 0.717) is 17.6 Å². The van der Waals surface area contributed by atoms with Crippen molar-refractivity contribution >= 4 is 28.3 Å². The molecule has 6 nitrogen and oxygen atoms in total. The number of fused-ring (bicyclic) bond motifs is 1. The number of para-hydroxylation sites is 2. The molecule has 2 heterocycles. The number of carbonyl (C=O) groups is 1. The lowest BCUT2D eigenvalue weighted by Crippen LogP contribution is -2.35. The van der Waals surface area contributed by atoms with Gasteiger partial charge in [-0.3, -0.25) is 9.36 Å². The Kier molecular flexibility index (Phi) is 4.29. The van der Waals surface area contributed by atoms with Crippen LogP contribution >= 0.6 is 11.3 Å². The Morgan fingerprint density at radius 2 is 2.22 bits per heavy atom. The molecule has 1 atom stereocenters. The second-order valence-corrected chi connectivity index (χ2v) is 6.22. The molecule has 7 heteroatoms. The summed E-state index contributed by atoms with van der Waals surface area (Å²) in [6.07, 6.45) is 0.732. The van der Waals surface area contributed by atoms with Crippen LogP contribution in [0, 0.1) is 6.92 Å². The number of thiazole rings is 1. The van der Waals surface area contributed by atoms with Gasteiger partial charge in [-0.05, 0) is 26.0 Å². The van der Waals surface area contributed by atoms with Gasteiger partial charge < -0.3 is 9.73 Å². The van der Waals surface area contributed by atoms with Crippen molar-refractivity contribution < 1.29 is 9.21 Å². The van der Waals surface area contributed by atoms with E-state index >= 15 is 0 Å². The number of nitrogens with one attached hydrogen (secondary N) is 1. The lowest BCUT2D eigenvalue weighted by molar-refractivity contribution is -0.123. The van der Waals surface area contributed by atoms with Gasteiger partial charge in [0.05, 0.1) is 16.7 Å². The zero-order valence-electron chi connectivity index (χ0n) is 12.9. The zero-order valence-corrected chi connectivity index (χ0v) is 13.7. The van der Waals surface area contributed by atoms with Gasteiger partial charge in [-0.1, -0.05) is 12.1 Å². The number of aromatic nitrogens is 2. The van der Waals surface area contributed by atoms with Crippen molar-refractivity contribution in [3.63, 3.8) is 0 Å². The second kappa shape index (κ2) is 6.37. The highest BCUT2D eigenvalue weighted by atomic mass is 32.1. The summed E-state index contributed by atoms with van der Waals surface area (Å²) in [4.78, 5) is 29.7. The molecule has 0 aliphatic heterocycles. The molecule has 3 aromatic rings. The molecule has 0 saturated heterocycles. The van der Waals surface area contributed by atoms with Crippen LogP contribution in [0.15, 0.2) is 39.0 Å². The molecule has 0 aliphatic carbocycles. The lowest BCUT2D eigenvalue weighted by Gasteiger charge is -2.13. The van der Waals surface area contributed by atoms with E-state index in [1.54, 1.807) is 42.0 Å². The molecule has 0 aliphatic rings. The predicted molar refractivity (Wildman–Crippen MR) is 88.7 cm³/mol. The van der Waals surface area contributed by atoms with Gasteiger partial charge in [0, 0.05) is 17.8 Å². The molecule has 2 aromatic heterocycles. The van der Waals surface area contributed by atoms with E-state index < -0.39 is 11.8 Å². The minimum absolute atomic E-state index is 0.208. The maximum Gasteiger partial charge on any atom is 0.420 e. The minimum atomic E-state index is -0.631. The molecule has 3 rings (SSSR count). The third kappa shape index (κ3) is 3.05. The van der Waals surface area contributed by atoms with E-state index in [1.807, 2.05) is 13.0 Å². The van der Waals surface area contributed by atoms with Crippen molar-refractivity contribution in [1.82, 2.24) is 14.9 Å². The first-order valence-corrected chi connectivity index (χ1v) is 8.22. The number of hydrogen-bond donors (Lipinski definition) is 1. The molecule has 0 spiro atoms. The molecule has 1 unspecified atom stereocenters. The number of benzene rings is 1. The standard InChI is InChI=1S/C16H17N3O3S/c1-10-14(23-9-18-10)7-8-17-15(20)11(2)19-12-5-3-4-6-13(12)22-16(19)21/h3-6,9,11H,7-8H2,1-2H3,(H,17,20). The van der Waals surface area contributed by atoms with E-state index in [4.69, 9.17) is 4.42 Å². The van der Waals surface area contributed by atoms with E-state index in [9.17, 15) is 9.59 Å². The highest BCUT2D eigenvalue weighted by Gasteiger charge is 2.20. The molecule has 1 amide bonds. The van der Waals surface area contributed by atoms with Crippen molar-refractivity contribution in [3.05, 3.63) is 50.9 Å². The first-order valence-electron chi connectivity index (χ1n) is 7.34. The van der Waals surface area contributed by atoms with Gasteiger partial charge in [0.2, 0.25) is 5.91 Å². The van der Waals surface area contributed by atoms with Gasteiger partial charge in [0.15, 0.2) is 5.58 Å². The number of carbonyl (C=O) groups excluding carboxylic acids is 1. The summed E-state index contributed by atoms with van der Waals surface area (Å²) in [6, 6.07) is 6.45. The zero-order chi connectivity index (χ0) is 16.4. The summed E-state index contributed by atoms with van der Waals surface area (Å²) in [5.74, 6) is -0.729. The minimum Gasteiger partial charge on any atom is -0.408 e. The Labute approximate surface area is 136 Å². The average molecular weight is 331 g/mol. The van der Waals surface area contributed by atoms with E-state index in [0.717, 1.165) is 17.0 Å². The first-order chi connectivity index (χ1) is 11.1. The number of nitrogens with zero attached hydrogens (tertiary/aromatic N) is 2. The Hall–Kier alpha value is -2.41. The number of rotatable bonds is 5. The second-order valence-electron chi connectivity index (χ2n) is 5.28. The third-order valence-electron chi connectivity index (χ3n) is 3.78. The fourth-order valence-electron chi connectivity index (χ4n) is 2.48. The van der Waals surface area contributed by atoms with Crippen molar-refractivity contribution in [2.24, 2.45) is 0 Å². The normalized spacial score (nSPS) is 12.4. The molecular formula is C16H17N3O3S. The molecule has 0 radical (unpaired) electrons. The highest BCUT2D eigenvalue weighted by Crippen LogP contribution is 2.17. The third-order valence-corrected chi connectivity index (χ3v) is 4.78. The molecule has 0 fully saturated rings. The smallest absolute Gasteiger partial charge is 0.408 e. The first kappa shape index (κ1) is 15.5. The predicted octanol–water partition coefficient (Wildman–Crippen LogP) is 2.28. The summed E-state index contributed by atoms with van der Waals surface area (Å²) in [7, 11) is 0. The van der Waals surface area contributed by atoms with Gasteiger partial charge >= 0.3 is 5.76 Å². The van der Waals surface area contributed by atoms with E-state index in [-0.39, 0.29) is 5.91 Å². The van der Waals surface area contributed by atoms with Crippen molar-refractivity contribution in [2.45, 2.75) is 26.3 Å². The largest absolute Gasteiger partial charge is 0.420 e. The van der Waals surface area contributed by atoms with Gasteiger partial charge in [-0.25, -0.2) is 9.78 Å². The van der Waals surface area contributed by atoms with Crippen LogP contribution in [0.4, 0.5) is 0 Å². The van der Waals surface area contributed by atoms with E-state index in [1.165, 1.54) is 4.57 Å². The van der Waals surface area contributed by atoms with Gasteiger partial charge in [-0.2, -0.15) is 0 Å². The topological polar surface area (TPSA) is 77.1 Å². The Morgan fingerprint density at radius 1 is 1.43 bits per heavy atom. The lowest BCUT2D eigenvalue weighted by atomic mass is 10.2. The summed E-state index contributed by atoms with van der Waals surface area (Å²) in [5.41, 5.74) is 3.90. The summed E-state index contributed by atoms with van der Waals surface area (Å²) in [6.45, 7) is 4.15. The molecule has 1 aromatic carbocycles. The highest BCUT2D eigenvalue weighted by molar-refractivity contribution is 7.09. The maximum atomic E-state index is 12.3. The average Bonchev–Trinajstić information content (AvgIpc) is 3.09. The molecule has 0 bridgehead atoms. The van der Waals surface area contributed by atoms with Crippen LogP contribution in [0.25, 0.3) is 11.1 Å². The van der Waals surface area contributed by atoms with Gasteiger partial charge in [0.1, 0.15) is 6.04 Å². The van der Waals surface area contributed by atoms with Gasteiger partial charge in [-0.15, -0.1) is 11.3 Å². The number of hydrogen-bond acceptors (Lipinski definition) is 5. The SMILES string of the molecule is Cc1ncsc1CCNC(=O)C(C)n1c(=O)oc2ccccc21. The van der Waals surface area contributed by atoms with Crippen LogP contribution in [0.5, 0.6) is 0 Å². The number of amides is 1. The molecule has 23 heavy (non-hydrogen) atoms. The van der Waals surface area contributed by atoms with Gasteiger partial charge in [0.25, 0.3) is 0 Å². The summed E-state index contributed by atoms with van der Waals surface area (Å²) >= 11 is 1.58. The van der Waals surface area contributed by atoms with Crippen molar-refractivity contribution in [1.29, 1.82) is 0 Å². The Balaban J connectivity index is 1.70. The Morgan fingerprint density at radius 3 is 2.96 bits per heavy atom. The number of aryl methyl sites for hydroxylation is 1. The van der Waals surface area contributed by atoms with Crippen LogP contribution in [-0.2, 0) is 11.2 Å². The molecule has 120 valence electrons. The van der Waals surface area contributed by atoms with Crippen molar-refractivity contribution in [3.8, 4) is 0 Å². The molecule has 0 saturated carbocycles. The molecule has 1 N–H and O–H groups in total.